The Morgan fingerprint density at radius 3 is 1.79 bits per heavy atom. The molecule has 0 radical (unpaired) electrons. The molecule has 0 aliphatic heterocycles. The first-order valence-corrected chi connectivity index (χ1v) is 8.28. The predicted octanol–water partition coefficient (Wildman–Crippen LogP) is 2.84. The summed E-state index contributed by atoms with van der Waals surface area (Å²) < 4.78 is 60.6. The Balaban J connectivity index is 2.27. The van der Waals surface area contributed by atoms with Crippen LogP contribution in [0, 0.1) is 0 Å². The molecular weight excluding hydrogens is 342 g/mol. The van der Waals surface area contributed by atoms with Crippen molar-refractivity contribution in [2.75, 3.05) is 6.61 Å². The van der Waals surface area contributed by atoms with Crippen molar-refractivity contribution in [3.05, 3.63) is 71.8 Å². The SMILES string of the molecule is O=C(OCC(F)(F)S(=O)(=O)O)C(c1ccccc1)c1ccccc1. The summed E-state index contributed by atoms with van der Waals surface area (Å²) in [6.07, 6.45) is 0. The Labute approximate surface area is 137 Å². The Morgan fingerprint density at radius 2 is 1.42 bits per heavy atom. The third-order valence-corrected chi connectivity index (χ3v) is 4.13. The second kappa shape index (κ2) is 7.06. The van der Waals surface area contributed by atoms with E-state index in [9.17, 15) is 22.0 Å². The molecule has 1 N–H and O–H groups in total. The van der Waals surface area contributed by atoms with Gasteiger partial charge in [-0.3, -0.25) is 9.35 Å². The third-order valence-electron chi connectivity index (χ3n) is 3.26. The van der Waals surface area contributed by atoms with E-state index in [1.807, 2.05) is 0 Å². The highest BCUT2D eigenvalue weighted by atomic mass is 32.2. The number of hydrogen-bond acceptors (Lipinski definition) is 4. The number of rotatable bonds is 6. The topological polar surface area (TPSA) is 80.7 Å². The van der Waals surface area contributed by atoms with E-state index in [1.165, 1.54) is 0 Å². The van der Waals surface area contributed by atoms with Crippen molar-refractivity contribution in [2.24, 2.45) is 0 Å². The fourth-order valence-electron chi connectivity index (χ4n) is 2.07. The first kappa shape index (κ1) is 18.0. The van der Waals surface area contributed by atoms with Crippen LogP contribution in [0.3, 0.4) is 0 Å². The highest BCUT2D eigenvalue weighted by molar-refractivity contribution is 7.86. The number of halogens is 2. The Kier molecular flexibility index (Phi) is 5.30. The summed E-state index contributed by atoms with van der Waals surface area (Å²) in [7, 11) is -5.66. The maximum Gasteiger partial charge on any atom is 0.402 e. The van der Waals surface area contributed by atoms with Crippen LogP contribution in [0.4, 0.5) is 8.78 Å². The molecule has 0 unspecified atom stereocenters. The summed E-state index contributed by atoms with van der Waals surface area (Å²) in [6, 6.07) is 16.6. The first-order valence-electron chi connectivity index (χ1n) is 6.84. The third kappa shape index (κ3) is 4.15. The van der Waals surface area contributed by atoms with E-state index >= 15 is 0 Å². The van der Waals surface area contributed by atoms with Crippen molar-refractivity contribution in [2.45, 2.75) is 11.2 Å². The molecule has 8 heteroatoms. The molecule has 0 saturated heterocycles. The summed E-state index contributed by atoms with van der Waals surface area (Å²) in [4.78, 5) is 12.3. The van der Waals surface area contributed by atoms with Gasteiger partial charge in [0, 0.05) is 0 Å². The number of ether oxygens (including phenoxy) is 1. The van der Waals surface area contributed by atoms with E-state index in [1.54, 1.807) is 60.7 Å². The van der Waals surface area contributed by atoms with E-state index in [0.29, 0.717) is 11.1 Å². The molecule has 24 heavy (non-hydrogen) atoms. The van der Waals surface area contributed by atoms with Crippen molar-refractivity contribution in [1.82, 2.24) is 0 Å². The molecule has 2 aromatic carbocycles. The zero-order valence-corrected chi connectivity index (χ0v) is 13.1. The minimum Gasteiger partial charge on any atom is -0.457 e. The van der Waals surface area contributed by atoms with Crippen LogP contribution < -0.4 is 0 Å². The molecule has 0 atom stereocenters. The molecule has 0 aromatic heterocycles. The van der Waals surface area contributed by atoms with Crippen LogP contribution >= 0.6 is 0 Å². The lowest BCUT2D eigenvalue weighted by molar-refractivity contribution is -0.150. The van der Waals surface area contributed by atoms with Crippen LogP contribution in [0.1, 0.15) is 17.0 Å². The Morgan fingerprint density at radius 1 is 1.00 bits per heavy atom. The molecule has 0 bridgehead atoms. The fourth-order valence-corrected chi connectivity index (χ4v) is 2.28. The largest absolute Gasteiger partial charge is 0.457 e. The molecule has 128 valence electrons. The highest BCUT2D eigenvalue weighted by Gasteiger charge is 2.46. The van der Waals surface area contributed by atoms with Crippen LogP contribution in [0.25, 0.3) is 0 Å². The zero-order chi connectivity index (χ0) is 17.8. The molecule has 5 nitrogen and oxygen atoms in total. The quantitative estimate of drug-likeness (QED) is 0.636. The van der Waals surface area contributed by atoms with Gasteiger partial charge in [0.15, 0.2) is 6.61 Å². The Bertz CT molecular complexity index is 752. The highest BCUT2D eigenvalue weighted by Crippen LogP contribution is 2.28. The molecule has 0 aliphatic rings. The summed E-state index contributed by atoms with van der Waals surface area (Å²) in [5, 5.41) is -4.57. The van der Waals surface area contributed by atoms with Crippen molar-refractivity contribution in [1.29, 1.82) is 0 Å². The summed E-state index contributed by atoms with van der Waals surface area (Å²) in [5.74, 6) is -2.04. The molecule has 0 saturated carbocycles. The molecule has 0 amide bonds. The second-order valence-corrected chi connectivity index (χ2v) is 6.52. The Hall–Kier alpha value is -2.32. The van der Waals surface area contributed by atoms with E-state index in [-0.39, 0.29) is 0 Å². The maximum atomic E-state index is 13.2. The fraction of sp³-hybridized carbons (Fsp3) is 0.188. The standard InChI is InChI=1S/C16H14F2O5S/c17-16(18,24(20,21)22)11-23-15(19)14(12-7-3-1-4-8-12)13-9-5-2-6-10-13/h1-10,14H,11H2,(H,20,21,22). The van der Waals surface area contributed by atoms with Crippen LogP contribution in [0.2, 0.25) is 0 Å². The average Bonchev–Trinajstić information content (AvgIpc) is 2.54. The van der Waals surface area contributed by atoms with Gasteiger partial charge in [0.25, 0.3) is 0 Å². The van der Waals surface area contributed by atoms with Crippen molar-refractivity contribution in [3.63, 3.8) is 0 Å². The lowest BCUT2D eigenvalue weighted by atomic mass is 9.91. The van der Waals surface area contributed by atoms with Gasteiger partial charge in [0.1, 0.15) is 5.92 Å². The second-order valence-electron chi connectivity index (χ2n) is 4.97. The van der Waals surface area contributed by atoms with Crippen LogP contribution in [-0.4, -0.2) is 30.8 Å². The van der Waals surface area contributed by atoms with Gasteiger partial charge in [0.2, 0.25) is 0 Å². The van der Waals surface area contributed by atoms with Crippen LogP contribution in [-0.2, 0) is 19.6 Å². The lowest BCUT2D eigenvalue weighted by Crippen LogP contribution is -2.35. The van der Waals surface area contributed by atoms with Crippen molar-refractivity contribution in [3.8, 4) is 0 Å². The van der Waals surface area contributed by atoms with Gasteiger partial charge in [-0.25, -0.2) is 0 Å². The van der Waals surface area contributed by atoms with Crippen molar-refractivity contribution < 1.29 is 31.3 Å². The molecule has 0 spiro atoms. The zero-order valence-electron chi connectivity index (χ0n) is 12.3. The van der Waals surface area contributed by atoms with Gasteiger partial charge in [-0.05, 0) is 11.1 Å². The summed E-state index contributed by atoms with van der Waals surface area (Å²) in [6.45, 7) is -1.76. The minimum atomic E-state index is -5.66. The monoisotopic (exact) mass is 356 g/mol. The molecule has 0 fully saturated rings. The number of esters is 1. The number of carbonyl (C=O) groups excluding carboxylic acids is 1. The minimum absolute atomic E-state index is 0.504. The van der Waals surface area contributed by atoms with Crippen LogP contribution in [0.5, 0.6) is 0 Å². The van der Waals surface area contributed by atoms with E-state index < -0.39 is 33.9 Å². The summed E-state index contributed by atoms with van der Waals surface area (Å²) >= 11 is 0. The average molecular weight is 356 g/mol. The molecule has 0 heterocycles. The predicted molar refractivity (Wildman–Crippen MR) is 82.2 cm³/mol. The first-order chi connectivity index (χ1) is 11.2. The smallest absolute Gasteiger partial charge is 0.402 e. The number of benzene rings is 2. The van der Waals surface area contributed by atoms with Gasteiger partial charge in [-0.1, -0.05) is 60.7 Å². The molecule has 0 aliphatic carbocycles. The van der Waals surface area contributed by atoms with Gasteiger partial charge >= 0.3 is 21.3 Å². The lowest BCUT2D eigenvalue weighted by Gasteiger charge is -2.19. The maximum absolute atomic E-state index is 13.2. The normalized spacial score (nSPS) is 12.2. The van der Waals surface area contributed by atoms with Gasteiger partial charge in [-0.15, -0.1) is 0 Å². The van der Waals surface area contributed by atoms with Crippen LogP contribution in [0.15, 0.2) is 60.7 Å². The van der Waals surface area contributed by atoms with E-state index in [2.05, 4.69) is 4.74 Å². The van der Waals surface area contributed by atoms with Gasteiger partial charge < -0.3 is 4.74 Å². The van der Waals surface area contributed by atoms with E-state index in [4.69, 9.17) is 4.55 Å². The summed E-state index contributed by atoms with van der Waals surface area (Å²) in [5.41, 5.74) is 1.01. The van der Waals surface area contributed by atoms with Gasteiger partial charge in [-0.2, -0.15) is 17.2 Å². The number of carbonyl (C=O) groups is 1. The van der Waals surface area contributed by atoms with Crippen molar-refractivity contribution >= 4 is 16.1 Å². The number of hydrogen-bond donors (Lipinski definition) is 1. The number of alkyl halides is 2. The van der Waals surface area contributed by atoms with Gasteiger partial charge in [0.05, 0.1) is 0 Å². The molecular formula is C16H14F2O5S. The molecule has 2 aromatic rings. The molecule has 2 rings (SSSR count). The van der Waals surface area contributed by atoms with E-state index in [0.717, 1.165) is 0 Å².